The van der Waals surface area contributed by atoms with Crippen LogP contribution in [-0.4, -0.2) is 28.8 Å². The first kappa shape index (κ1) is 21.1. The second-order valence-corrected chi connectivity index (χ2v) is 8.26. The fraction of sp³-hybridized carbons (Fsp3) is 0.308. The van der Waals surface area contributed by atoms with Crippen molar-refractivity contribution in [1.82, 2.24) is 15.1 Å². The predicted molar refractivity (Wildman–Crippen MR) is 123 cm³/mol. The van der Waals surface area contributed by atoms with Gasteiger partial charge in [-0.1, -0.05) is 54.6 Å². The van der Waals surface area contributed by atoms with E-state index in [1.807, 2.05) is 41.2 Å². The minimum absolute atomic E-state index is 0.0871. The van der Waals surface area contributed by atoms with Crippen LogP contribution in [-0.2, 0) is 24.4 Å². The van der Waals surface area contributed by atoms with Gasteiger partial charge in [0, 0.05) is 29.9 Å². The van der Waals surface area contributed by atoms with Crippen molar-refractivity contribution in [1.29, 1.82) is 0 Å². The van der Waals surface area contributed by atoms with E-state index in [2.05, 4.69) is 40.7 Å². The van der Waals surface area contributed by atoms with E-state index in [9.17, 15) is 4.79 Å². The highest BCUT2D eigenvalue weighted by molar-refractivity contribution is 5.91. The molecule has 1 amide bonds. The van der Waals surface area contributed by atoms with E-state index in [0.717, 1.165) is 18.7 Å². The van der Waals surface area contributed by atoms with Crippen molar-refractivity contribution in [2.24, 2.45) is 0 Å². The number of quaternary nitrogens is 1. The maximum absolute atomic E-state index is 12.4. The number of rotatable bonds is 8. The molecule has 0 spiro atoms. The number of aromatic nitrogens is 2. The summed E-state index contributed by atoms with van der Waals surface area (Å²) in [5, 5.41) is 7.41. The number of amides is 1. The number of piperidine rings is 1. The van der Waals surface area contributed by atoms with Crippen molar-refractivity contribution in [3.8, 4) is 0 Å². The summed E-state index contributed by atoms with van der Waals surface area (Å²) in [6, 6.07) is 18.7. The van der Waals surface area contributed by atoms with Crippen LogP contribution >= 0.6 is 0 Å². The number of likely N-dealkylation sites (tertiary alicyclic amines) is 1. The molecule has 1 aliphatic rings. The van der Waals surface area contributed by atoms with E-state index in [-0.39, 0.29) is 5.91 Å². The van der Waals surface area contributed by atoms with Gasteiger partial charge in [0.1, 0.15) is 6.54 Å². The number of nitrogens with one attached hydrogen (secondary N) is 2. The van der Waals surface area contributed by atoms with E-state index in [1.165, 1.54) is 49.0 Å². The third kappa shape index (κ3) is 6.40. The summed E-state index contributed by atoms with van der Waals surface area (Å²) >= 11 is 0. The quantitative estimate of drug-likeness (QED) is 0.556. The predicted octanol–water partition coefficient (Wildman–Crippen LogP) is 2.83. The molecular formula is C26H31N4O+. The second-order valence-electron chi connectivity index (χ2n) is 8.26. The van der Waals surface area contributed by atoms with E-state index in [0.29, 0.717) is 6.54 Å². The normalized spacial score (nSPS) is 14.7. The third-order valence-electron chi connectivity index (χ3n) is 5.84. The Labute approximate surface area is 184 Å². The molecule has 2 aromatic carbocycles. The molecule has 0 bridgehead atoms. The van der Waals surface area contributed by atoms with Crippen molar-refractivity contribution in [3.63, 3.8) is 0 Å². The smallest absolute Gasteiger partial charge is 0.244 e. The molecule has 0 unspecified atom stereocenters. The van der Waals surface area contributed by atoms with Crippen LogP contribution < -0.4 is 10.2 Å². The summed E-state index contributed by atoms with van der Waals surface area (Å²) in [5.41, 5.74) is 4.66. The van der Waals surface area contributed by atoms with Gasteiger partial charge in [-0.2, -0.15) is 5.10 Å². The molecule has 0 aliphatic carbocycles. The third-order valence-corrected chi connectivity index (χ3v) is 5.84. The zero-order chi connectivity index (χ0) is 21.3. The fourth-order valence-electron chi connectivity index (χ4n) is 4.14. The van der Waals surface area contributed by atoms with Gasteiger partial charge in [0.05, 0.1) is 25.8 Å². The topological polar surface area (TPSA) is 51.4 Å². The monoisotopic (exact) mass is 415 g/mol. The first-order valence-electron chi connectivity index (χ1n) is 11.2. The van der Waals surface area contributed by atoms with Gasteiger partial charge in [-0.25, -0.2) is 0 Å². The van der Waals surface area contributed by atoms with E-state index >= 15 is 0 Å². The number of hydrogen-bond acceptors (Lipinski definition) is 2. The second kappa shape index (κ2) is 10.7. The van der Waals surface area contributed by atoms with Gasteiger partial charge in [0.15, 0.2) is 0 Å². The van der Waals surface area contributed by atoms with Gasteiger partial charge in [0.25, 0.3) is 0 Å². The van der Waals surface area contributed by atoms with Gasteiger partial charge in [-0.15, -0.1) is 0 Å². The number of carbonyl (C=O) groups is 1. The average Bonchev–Trinajstić information content (AvgIpc) is 3.26. The first-order valence-corrected chi connectivity index (χ1v) is 11.2. The molecule has 2 N–H and O–H groups in total. The molecule has 1 saturated heterocycles. The van der Waals surface area contributed by atoms with Gasteiger partial charge in [-0.3, -0.25) is 9.48 Å². The van der Waals surface area contributed by atoms with Crippen molar-refractivity contribution in [2.75, 3.05) is 13.1 Å². The first-order chi connectivity index (χ1) is 15.3. The van der Waals surface area contributed by atoms with Gasteiger partial charge in [-0.05, 0) is 36.5 Å². The summed E-state index contributed by atoms with van der Waals surface area (Å²) in [4.78, 5) is 14.0. The van der Waals surface area contributed by atoms with Crippen LogP contribution in [0.3, 0.4) is 0 Å². The molecular weight excluding hydrogens is 384 g/mol. The van der Waals surface area contributed by atoms with Crippen LogP contribution in [0.4, 0.5) is 0 Å². The number of hydrogen-bond donors (Lipinski definition) is 2. The molecule has 31 heavy (non-hydrogen) atoms. The Morgan fingerprint density at radius 3 is 2.55 bits per heavy atom. The zero-order valence-electron chi connectivity index (χ0n) is 18.0. The maximum Gasteiger partial charge on any atom is 0.244 e. The lowest BCUT2D eigenvalue weighted by atomic mass is 10.0. The van der Waals surface area contributed by atoms with Crippen LogP contribution in [0.25, 0.3) is 6.08 Å². The van der Waals surface area contributed by atoms with Crippen LogP contribution in [0.1, 0.15) is 41.5 Å². The van der Waals surface area contributed by atoms with Crippen LogP contribution in [0.15, 0.2) is 73.1 Å². The molecule has 160 valence electrons. The largest absolute Gasteiger partial charge is 0.348 e. The molecule has 5 heteroatoms. The lowest BCUT2D eigenvalue weighted by Crippen LogP contribution is -3.11. The average molecular weight is 416 g/mol. The summed E-state index contributed by atoms with van der Waals surface area (Å²) in [7, 11) is 0. The standard InChI is InChI=1S/C26H30N4O/c31-26(14-13-23-17-28-30(20-23)19-22-9-3-1-4-10-22)27-18-24-11-5-6-12-25(24)21-29-15-7-2-8-16-29/h1,3-6,9-14,17,20H,2,7-8,15-16,18-19,21H2,(H,27,31)/p+1/b14-13+. The van der Waals surface area contributed by atoms with Gasteiger partial charge < -0.3 is 10.2 Å². The highest BCUT2D eigenvalue weighted by Gasteiger charge is 2.15. The lowest BCUT2D eigenvalue weighted by molar-refractivity contribution is -0.918. The number of nitrogens with zero attached hydrogens (tertiary/aromatic N) is 2. The molecule has 2 heterocycles. The minimum atomic E-state index is -0.0871. The lowest BCUT2D eigenvalue weighted by Gasteiger charge is -2.24. The Hall–Kier alpha value is -3.18. The van der Waals surface area contributed by atoms with Crippen molar-refractivity contribution >= 4 is 12.0 Å². The SMILES string of the molecule is O=C(/C=C/c1cnn(Cc2ccccc2)c1)NCc1ccccc1C[NH+]1CCCCC1. The Morgan fingerprint density at radius 1 is 1.00 bits per heavy atom. The summed E-state index contributed by atoms with van der Waals surface area (Å²) < 4.78 is 1.88. The summed E-state index contributed by atoms with van der Waals surface area (Å²) in [6.45, 7) is 4.82. The summed E-state index contributed by atoms with van der Waals surface area (Å²) in [6.07, 6.45) is 11.1. The Bertz CT molecular complexity index is 1000. The molecule has 1 aromatic heterocycles. The Balaban J connectivity index is 1.29. The molecule has 0 atom stereocenters. The van der Waals surface area contributed by atoms with Crippen molar-refractivity contribution < 1.29 is 9.69 Å². The molecule has 1 aliphatic heterocycles. The summed E-state index contributed by atoms with van der Waals surface area (Å²) in [5.74, 6) is -0.0871. The molecule has 1 fully saturated rings. The molecule has 4 rings (SSSR count). The van der Waals surface area contributed by atoms with Crippen LogP contribution in [0, 0.1) is 0 Å². The number of carbonyl (C=O) groups excluding carboxylic acids is 1. The maximum atomic E-state index is 12.4. The van der Waals surface area contributed by atoms with Crippen molar-refractivity contribution in [3.05, 3.63) is 95.3 Å². The Kier molecular flexibility index (Phi) is 7.29. The minimum Gasteiger partial charge on any atom is -0.348 e. The van der Waals surface area contributed by atoms with Gasteiger partial charge >= 0.3 is 0 Å². The molecule has 5 nitrogen and oxygen atoms in total. The molecule has 0 radical (unpaired) electrons. The molecule has 3 aromatic rings. The van der Waals surface area contributed by atoms with Gasteiger partial charge in [0.2, 0.25) is 5.91 Å². The highest BCUT2D eigenvalue weighted by Crippen LogP contribution is 2.09. The Morgan fingerprint density at radius 2 is 1.74 bits per heavy atom. The molecule has 0 saturated carbocycles. The van der Waals surface area contributed by atoms with Crippen LogP contribution in [0.5, 0.6) is 0 Å². The van der Waals surface area contributed by atoms with E-state index in [4.69, 9.17) is 0 Å². The van der Waals surface area contributed by atoms with Crippen molar-refractivity contribution in [2.45, 2.75) is 38.9 Å². The van der Waals surface area contributed by atoms with E-state index < -0.39 is 0 Å². The highest BCUT2D eigenvalue weighted by atomic mass is 16.1. The number of benzene rings is 2. The zero-order valence-corrected chi connectivity index (χ0v) is 18.0. The van der Waals surface area contributed by atoms with Crippen LogP contribution in [0.2, 0.25) is 0 Å². The van der Waals surface area contributed by atoms with E-state index in [1.54, 1.807) is 17.2 Å². The fourth-order valence-corrected chi connectivity index (χ4v) is 4.14.